The number of alkyl halides is 3. The minimum absolute atomic E-state index is 0.0172. The highest BCUT2D eigenvalue weighted by atomic mass is 19.4. The molecule has 0 saturated heterocycles. The fraction of sp³-hybridized carbons (Fsp3) is 0.222. The molecule has 138 valence electrons. The molecule has 0 heterocycles. The molecule has 2 aromatic carbocycles. The Morgan fingerprint density at radius 3 is 2.27 bits per heavy atom. The maximum absolute atomic E-state index is 13.3. The number of ether oxygens (including phenoxy) is 1. The zero-order valence-electron chi connectivity index (χ0n) is 14.1. The number of hydrogen-bond acceptors (Lipinski definition) is 3. The van der Waals surface area contributed by atoms with E-state index < -0.39 is 35.3 Å². The molecule has 8 heteroatoms. The summed E-state index contributed by atoms with van der Waals surface area (Å²) in [6.45, 7) is 2.62. The summed E-state index contributed by atoms with van der Waals surface area (Å²) in [5.41, 5.74) is -1.50. The average Bonchev–Trinajstić information content (AvgIpc) is 2.55. The van der Waals surface area contributed by atoms with Crippen LogP contribution in [0.4, 0.5) is 24.5 Å². The van der Waals surface area contributed by atoms with Gasteiger partial charge < -0.3 is 15.4 Å². The third-order valence-corrected chi connectivity index (χ3v) is 3.33. The standard InChI is InChI=1S/C18H17F3N2O3/c1-11(26-14-6-4-3-5-7-14)17(25)23-16-9-8-13(22-12(2)24)10-15(16)18(19,20)21/h3-11H,1-2H3,(H,22,24)(H,23,25). The molecule has 2 rings (SSSR count). The Kier molecular flexibility index (Phi) is 5.86. The lowest BCUT2D eigenvalue weighted by Crippen LogP contribution is -2.31. The van der Waals surface area contributed by atoms with Gasteiger partial charge in [-0.05, 0) is 37.3 Å². The van der Waals surface area contributed by atoms with Gasteiger partial charge in [-0.15, -0.1) is 0 Å². The summed E-state index contributed by atoms with van der Waals surface area (Å²) in [4.78, 5) is 23.2. The summed E-state index contributed by atoms with van der Waals surface area (Å²) in [5, 5.41) is 4.50. The monoisotopic (exact) mass is 366 g/mol. The zero-order chi connectivity index (χ0) is 19.3. The van der Waals surface area contributed by atoms with Crippen LogP contribution in [0.15, 0.2) is 48.5 Å². The van der Waals surface area contributed by atoms with Gasteiger partial charge in [0.15, 0.2) is 6.10 Å². The number of hydrogen-bond donors (Lipinski definition) is 2. The van der Waals surface area contributed by atoms with Gasteiger partial charge in [0.05, 0.1) is 11.3 Å². The van der Waals surface area contributed by atoms with Crippen molar-refractivity contribution in [1.82, 2.24) is 0 Å². The fourth-order valence-electron chi connectivity index (χ4n) is 2.16. The minimum atomic E-state index is -4.71. The maximum Gasteiger partial charge on any atom is 0.418 e. The molecular weight excluding hydrogens is 349 g/mol. The molecule has 0 aliphatic heterocycles. The Labute approximate surface area is 148 Å². The summed E-state index contributed by atoms with van der Waals surface area (Å²) in [5.74, 6) is -0.807. The number of carbonyl (C=O) groups excluding carboxylic acids is 2. The predicted molar refractivity (Wildman–Crippen MR) is 90.9 cm³/mol. The average molecular weight is 366 g/mol. The van der Waals surface area contributed by atoms with Gasteiger partial charge in [0, 0.05) is 12.6 Å². The molecule has 0 spiro atoms. The van der Waals surface area contributed by atoms with Crippen molar-refractivity contribution in [3.05, 3.63) is 54.1 Å². The number of rotatable bonds is 5. The van der Waals surface area contributed by atoms with E-state index in [0.29, 0.717) is 5.75 Å². The van der Waals surface area contributed by atoms with Gasteiger partial charge in [-0.2, -0.15) is 13.2 Å². The van der Waals surface area contributed by atoms with E-state index in [1.54, 1.807) is 30.3 Å². The number of carbonyl (C=O) groups is 2. The second-order valence-electron chi connectivity index (χ2n) is 5.50. The van der Waals surface area contributed by atoms with E-state index in [-0.39, 0.29) is 5.69 Å². The minimum Gasteiger partial charge on any atom is -0.481 e. The van der Waals surface area contributed by atoms with Gasteiger partial charge in [0.25, 0.3) is 5.91 Å². The van der Waals surface area contributed by atoms with Crippen LogP contribution in [0, 0.1) is 0 Å². The quantitative estimate of drug-likeness (QED) is 0.838. The molecule has 0 aromatic heterocycles. The van der Waals surface area contributed by atoms with Crippen LogP contribution in [0.25, 0.3) is 0 Å². The molecule has 0 radical (unpaired) electrons. The van der Waals surface area contributed by atoms with Crippen LogP contribution < -0.4 is 15.4 Å². The molecule has 26 heavy (non-hydrogen) atoms. The van der Waals surface area contributed by atoms with Gasteiger partial charge in [0.2, 0.25) is 5.91 Å². The molecule has 2 N–H and O–H groups in total. The fourth-order valence-corrected chi connectivity index (χ4v) is 2.16. The molecule has 0 aliphatic rings. The Morgan fingerprint density at radius 1 is 1.04 bits per heavy atom. The van der Waals surface area contributed by atoms with E-state index >= 15 is 0 Å². The first-order valence-corrected chi connectivity index (χ1v) is 7.68. The van der Waals surface area contributed by atoms with Crippen molar-refractivity contribution < 1.29 is 27.5 Å². The first-order chi connectivity index (χ1) is 12.2. The number of anilines is 2. The SMILES string of the molecule is CC(=O)Nc1ccc(NC(=O)C(C)Oc2ccccc2)c(C(F)(F)F)c1. The number of benzene rings is 2. The van der Waals surface area contributed by atoms with E-state index in [9.17, 15) is 22.8 Å². The molecule has 2 amide bonds. The van der Waals surface area contributed by atoms with Gasteiger partial charge in [-0.3, -0.25) is 9.59 Å². The van der Waals surface area contributed by atoms with Crippen molar-refractivity contribution in [3.63, 3.8) is 0 Å². The van der Waals surface area contributed by atoms with Crippen LogP contribution in [0.1, 0.15) is 19.4 Å². The lowest BCUT2D eigenvalue weighted by atomic mass is 10.1. The summed E-state index contributed by atoms with van der Waals surface area (Å²) in [7, 11) is 0. The first kappa shape index (κ1) is 19.3. The van der Waals surface area contributed by atoms with Crippen LogP contribution in [0.5, 0.6) is 5.75 Å². The molecule has 0 saturated carbocycles. The third-order valence-electron chi connectivity index (χ3n) is 3.33. The van der Waals surface area contributed by atoms with Crippen LogP contribution in [0.2, 0.25) is 0 Å². The lowest BCUT2D eigenvalue weighted by molar-refractivity contribution is -0.137. The molecule has 1 atom stereocenters. The molecular formula is C18H17F3N2O3. The van der Waals surface area contributed by atoms with Crippen molar-refractivity contribution in [3.8, 4) is 5.75 Å². The Balaban J connectivity index is 2.19. The first-order valence-electron chi connectivity index (χ1n) is 7.68. The zero-order valence-corrected chi connectivity index (χ0v) is 14.1. The summed E-state index contributed by atoms with van der Waals surface area (Å²) in [6, 6.07) is 11.6. The van der Waals surface area contributed by atoms with Crippen LogP contribution in [-0.4, -0.2) is 17.9 Å². The van der Waals surface area contributed by atoms with Gasteiger partial charge in [-0.1, -0.05) is 18.2 Å². The number of amides is 2. The van der Waals surface area contributed by atoms with Gasteiger partial charge >= 0.3 is 6.18 Å². The van der Waals surface area contributed by atoms with Crippen molar-refractivity contribution in [2.45, 2.75) is 26.1 Å². The number of nitrogens with one attached hydrogen (secondary N) is 2. The highest BCUT2D eigenvalue weighted by molar-refractivity contribution is 5.95. The van der Waals surface area contributed by atoms with Crippen molar-refractivity contribution in [2.75, 3.05) is 10.6 Å². The lowest BCUT2D eigenvalue weighted by Gasteiger charge is -2.18. The highest BCUT2D eigenvalue weighted by Crippen LogP contribution is 2.36. The van der Waals surface area contributed by atoms with Crippen LogP contribution in [0.3, 0.4) is 0 Å². The molecule has 2 aromatic rings. The van der Waals surface area contributed by atoms with E-state index in [1.807, 2.05) is 0 Å². The van der Waals surface area contributed by atoms with Crippen molar-refractivity contribution >= 4 is 23.2 Å². The topological polar surface area (TPSA) is 67.4 Å². The van der Waals surface area contributed by atoms with Crippen LogP contribution in [-0.2, 0) is 15.8 Å². The summed E-state index contributed by atoms with van der Waals surface area (Å²) < 4.78 is 45.2. The number of halogens is 3. The normalized spacial score (nSPS) is 12.2. The summed E-state index contributed by atoms with van der Waals surface area (Å²) >= 11 is 0. The highest BCUT2D eigenvalue weighted by Gasteiger charge is 2.34. The molecule has 0 aliphatic carbocycles. The molecule has 0 fully saturated rings. The summed E-state index contributed by atoms with van der Waals surface area (Å²) in [6.07, 6.45) is -5.71. The second-order valence-corrected chi connectivity index (χ2v) is 5.50. The molecule has 1 unspecified atom stereocenters. The third kappa shape index (κ3) is 5.23. The Bertz CT molecular complexity index is 792. The smallest absolute Gasteiger partial charge is 0.418 e. The van der Waals surface area contributed by atoms with Crippen molar-refractivity contribution in [1.29, 1.82) is 0 Å². The maximum atomic E-state index is 13.3. The van der Waals surface area contributed by atoms with Crippen LogP contribution >= 0.6 is 0 Å². The Morgan fingerprint density at radius 2 is 1.69 bits per heavy atom. The van der Waals surface area contributed by atoms with E-state index in [1.165, 1.54) is 19.9 Å². The van der Waals surface area contributed by atoms with Gasteiger partial charge in [0.1, 0.15) is 5.75 Å². The number of para-hydroxylation sites is 1. The van der Waals surface area contributed by atoms with E-state index in [2.05, 4.69) is 10.6 Å². The predicted octanol–water partition coefficient (Wildman–Crippen LogP) is 4.07. The molecule has 5 nitrogen and oxygen atoms in total. The molecule has 0 bridgehead atoms. The van der Waals surface area contributed by atoms with E-state index in [0.717, 1.165) is 12.1 Å². The largest absolute Gasteiger partial charge is 0.481 e. The van der Waals surface area contributed by atoms with E-state index in [4.69, 9.17) is 4.74 Å². The van der Waals surface area contributed by atoms with Crippen molar-refractivity contribution in [2.24, 2.45) is 0 Å². The Hall–Kier alpha value is -3.03. The van der Waals surface area contributed by atoms with Gasteiger partial charge in [-0.25, -0.2) is 0 Å². The second kappa shape index (κ2) is 7.90.